The van der Waals surface area contributed by atoms with Gasteiger partial charge in [0.15, 0.2) is 5.82 Å². The van der Waals surface area contributed by atoms with Crippen LogP contribution < -0.4 is 15.5 Å². The Bertz CT molecular complexity index is 1230. The molecule has 34 heavy (non-hydrogen) atoms. The molecule has 0 spiro atoms. The largest absolute Gasteiger partial charge is 0.472 e. The highest BCUT2D eigenvalue weighted by molar-refractivity contribution is 8.00. The van der Waals surface area contributed by atoms with Gasteiger partial charge in [0.05, 0.1) is 22.9 Å². The zero-order chi connectivity index (χ0) is 24.2. The van der Waals surface area contributed by atoms with Gasteiger partial charge < -0.3 is 10.1 Å². The van der Waals surface area contributed by atoms with Gasteiger partial charge in [-0.1, -0.05) is 23.2 Å². The third-order valence-electron chi connectivity index (χ3n) is 4.85. The van der Waals surface area contributed by atoms with Crippen molar-refractivity contribution in [3.8, 4) is 11.7 Å². The Morgan fingerprint density at radius 2 is 2.03 bits per heavy atom. The molecule has 0 radical (unpaired) electrons. The smallest absolute Gasteiger partial charge is 0.277 e. The monoisotopic (exact) mass is 521 g/mol. The molecule has 3 aromatic rings. The molecular weight excluding hydrogens is 501 g/mol. The minimum Gasteiger partial charge on any atom is -0.472 e. The number of aromatic nitrogens is 3. The van der Waals surface area contributed by atoms with Crippen LogP contribution in [-0.2, 0) is 4.84 Å². The predicted octanol–water partition coefficient (Wildman–Crippen LogP) is 4.31. The molecule has 0 saturated carbocycles. The lowest BCUT2D eigenvalue weighted by molar-refractivity contribution is 0.0365. The van der Waals surface area contributed by atoms with Crippen LogP contribution in [0.25, 0.3) is 5.82 Å². The van der Waals surface area contributed by atoms with E-state index in [0.29, 0.717) is 15.6 Å². The Morgan fingerprint density at radius 1 is 1.24 bits per heavy atom. The van der Waals surface area contributed by atoms with Crippen LogP contribution in [0.5, 0.6) is 5.88 Å². The Balaban J connectivity index is 1.71. The summed E-state index contributed by atoms with van der Waals surface area (Å²) in [4.78, 5) is 35.3. The molecule has 0 bridgehead atoms. The van der Waals surface area contributed by atoms with Crippen LogP contribution in [0.15, 0.2) is 36.5 Å². The summed E-state index contributed by atoms with van der Waals surface area (Å²) in [6.07, 6.45) is 1.57. The van der Waals surface area contributed by atoms with Crippen LogP contribution in [0, 0.1) is 6.92 Å². The van der Waals surface area contributed by atoms with Crippen LogP contribution in [0.4, 0.5) is 5.69 Å². The maximum atomic E-state index is 13.4. The van der Waals surface area contributed by atoms with Gasteiger partial charge in [-0.05, 0) is 43.7 Å². The Morgan fingerprint density at radius 3 is 2.71 bits per heavy atom. The van der Waals surface area contributed by atoms with E-state index >= 15 is 0 Å². The first-order valence-electron chi connectivity index (χ1n) is 10.4. The number of hydrogen-bond acceptors (Lipinski definition) is 7. The molecule has 0 aliphatic carbocycles. The molecule has 178 valence electrons. The van der Waals surface area contributed by atoms with E-state index in [1.54, 1.807) is 50.0 Å². The molecule has 1 aliphatic heterocycles. The standard InChI is InChI=1S/C22H21Cl2N5O4S/c1-3-32-28-21(30)15-8-13(23)7-12(2)19(15)26-22(31)17-9-18(33-14-10-34-11-14)27-29(17)20-16(24)5-4-6-25-20/h4-9,14H,3,10-11H2,1-2H3,(H,26,31)(H,28,30). The molecule has 1 saturated heterocycles. The second-order valence-corrected chi connectivity index (χ2v) is 9.25. The molecule has 0 atom stereocenters. The second-order valence-electron chi connectivity index (χ2n) is 7.33. The topological polar surface area (TPSA) is 107 Å². The van der Waals surface area contributed by atoms with Gasteiger partial charge in [0.1, 0.15) is 11.8 Å². The highest BCUT2D eigenvalue weighted by atomic mass is 35.5. The molecule has 2 N–H and O–H groups in total. The zero-order valence-corrected chi connectivity index (χ0v) is 20.6. The van der Waals surface area contributed by atoms with E-state index < -0.39 is 11.8 Å². The second kappa shape index (κ2) is 10.6. The number of carbonyl (C=O) groups is 2. The van der Waals surface area contributed by atoms with E-state index in [2.05, 4.69) is 20.9 Å². The normalized spacial score (nSPS) is 13.3. The fraction of sp³-hybridized carbons (Fsp3) is 0.273. The fourth-order valence-corrected chi connectivity index (χ4v) is 4.22. The Labute approximate surface area is 210 Å². The van der Waals surface area contributed by atoms with Crippen LogP contribution in [0.1, 0.15) is 33.3 Å². The van der Waals surface area contributed by atoms with Gasteiger partial charge in [0.2, 0.25) is 5.88 Å². The number of halogens is 2. The first-order chi connectivity index (χ1) is 16.4. The van der Waals surface area contributed by atoms with Crippen molar-refractivity contribution in [3.05, 3.63) is 63.4 Å². The number of benzene rings is 1. The van der Waals surface area contributed by atoms with Crippen molar-refractivity contribution >= 4 is 52.5 Å². The number of hydrogen-bond donors (Lipinski definition) is 2. The lowest BCUT2D eigenvalue weighted by Gasteiger charge is -2.24. The number of amides is 2. The van der Waals surface area contributed by atoms with Crippen LogP contribution >= 0.6 is 35.0 Å². The summed E-state index contributed by atoms with van der Waals surface area (Å²) in [7, 11) is 0. The number of pyridine rings is 1. The van der Waals surface area contributed by atoms with E-state index in [-0.39, 0.29) is 41.4 Å². The van der Waals surface area contributed by atoms with E-state index in [4.69, 9.17) is 32.8 Å². The van der Waals surface area contributed by atoms with E-state index in [0.717, 1.165) is 11.5 Å². The Kier molecular flexibility index (Phi) is 7.62. The van der Waals surface area contributed by atoms with Crippen molar-refractivity contribution in [2.45, 2.75) is 20.0 Å². The number of ether oxygens (including phenoxy) is 1. The predicted molar refractivity (Wildman–Crippen MR) is 131 cm³/mol. The number of carbonyl (C=O) groups excluding carboxylic acids is 2. The molecule has 3 heterocycles. The van der Waals surface area contributed by atoms with Crippen LogP contribution in [0.2, 0.25) is 10.0 Å². The molecule has 9 nitrogen and oxygen atoms in total. The molecule has 1 aliphatic rings. The third kappa shape index (κ3) is 5.30. The Hall–Kier alpha value is -2.79. The minimum atomic E-state index is -0.546. The number of nitrogens with one attached hydrogen (secondary N) is 2. The molecule has 4 rings (SSSR count). The lowest BCUT2D eigenvalue weighted by atomic mass is 10.1. The molecular formula is C22H21Cl2N5O4S. The van der Waals surface area contributed by atoms with E-state index in [1.807, 2.05) is 0 Å². The molecule has 12 heteroatoms. The molecule has 2 amide bonds. The third-order valence-corrected chi connectivity index (χ3v) is 6.58. The van der Waals surface area contributed by atoms with Gasteiger partial charge in [0, 0.05) is 28.8 Å². The van der Waals surface area contributed by atoms with Crippen molar-refractivity contribution in [2.75, 3.05) is 23.4 Å². The first-order valence-corrected chi connectivity index (χ1v) is 12.3. The summed E-state index contributed by atoms with van der Waals surface area (Å²) in [6, 6.07) is 7.95. The number of nitrogens with zero attached hydrogens (tertiary/aromatic N) is 3. The number of hydroxylamine groups is 1. The maximum absolute atomic E-state index is 13.4. The minimum absolute atomic E-state index is 0.0239. The van der Waals surface area contributed by atoms with Crippen molar-refractivity contribution in [1.29, 1.82) is 0 Å². The average molecular weight is 522 g/mol. The quantitative estimate of drug-likeness (QED) is 0.425. The molecule has 1 aromatic carbocycles. The van der Waals surface area contributed by atoms with Crippen LogP contribution in [0.3, 0.4) is 0 Å². The summed E-state index contributed by atoms with van der Waals surface area (Å²) in [5.41, 5.74) is 3.48. The SMILES string of the molecule is CCONC(=O)c1cc(Cl)cc(C)c1NC(=O)c1cc(OC2CSC2)nn1-c1ncccc1Cl. The highest BCUT2D eigenvalue weighted by Crippen LogP contribution is 2.29. The summed E-state index contributed by atoms with van der Waals surface area (Å²) < 4.78 is 7.20. The lowest BCUT2D eigenvalue weighted by Crippen LogP contribution is -2.31. The number of rotatable bonds is 8. The van der Waals surface area contributed by atoms with E-state index in [9.17, 15) is 9.59 Å². The van der Waals surface area contributed by atoms with E-state index in [1.165, 1.54) is 16.8 Å². The summed E-state index contributed by atoms with van der Waals surface area (Å²) in [5.74, 6) is 1.16. The summed E-state index contributed by atoms with van der Waals surface area (Å²) in [5, 5.41) is 7.87. The maximum Gasteiger partial charge on any atom is 0.277 e. The fourth-order valence-electron chi connectivity index (χ4n) is 3.18. The van der Waals surface area contributed by atoms with Gasteiger partial charge in [-0.2, -0.15) is 11.8 Å². The highest BCUT2D eigenvalue weighted by Gasteiger charge is 2.26. The van der Waals surface area contributed by atoms with Crippen LogP contribution in [-0.4, -0.2) is 50.8 Å². The van der Waals surface area contributed by atoms with Crippen molar-refractivity contribution in [2.24, 2.45) is 0 Å². The number of aryl methyl sites for hydroxylation is 1. The number of thioether (sulfide) groups is 1. The van der Waals surface area contributed by atoms with Crippen molar-refractivity contribution < 1.29 is 19.2 Å². The van der Waals surface area contributed by atoms with Crippen molar-refractivity contribution in [1.82, 2.24) is 20.2 Å². The van der Waals surface area contributed by atoms with Gasteiger partial charge in [-0.15, -0.1) is 5.10 Å². The summed E-state index contributed by atoms with van der Waals surface area (Å²) in [6.45, 7) is 3.74. The average Bonchev–Trinajstić information content (AvgIpc) is 3.20. The van der Waals surface area contributed by atoms with Crippen molar-refractivity contribution in [3.63, 3.8) is 0 Å². The number of anilines is 1. The van der Waals surface area contributed by atoms with Gasteiger partial charge in [0.25, 0.3) is 11.8 Å². The summed E-state index contributed by atoms with van der Waals surface area (Å²) >= 11 is 14.2. The van der Waals surface area contributed by atoms with Gasteiger partial charge in [-0.3, -0.25) is 14.4 Å². The zero-order valence-electron chi connectivity index (χ0n) is 18.3. The van der Waals surface area contributed by atoms with Gasteiger partial charge >= 0.3 is 0 Å². The first kappa shape index (κ1) is 24.3. The molecule has 2 aromatic heterocycles. The molecule has 1 fully saturated rings. The molecule has 0 unspecified atom stereocenters. The van der Waals surface area contributed by atoms with Gasteiger partial charge in [-0.25, -0.2) is 15.1 Å².